The molecule has 2 rings (SSSR count). The molecule has 2 fully saturated rings. The average molecular weight is 239 g/mol. The van der Waals surface area contributed by atoms with E-state index in [9.17, 15) is 4.79 Å². The summed E-state index contributed by atoms with van der Waals surface area (Å²) >= 11 is 0. The van der Waals surface area contributed by atoms with E-state index >= 15 is 0 Å². The monoisotopic (exact) mass is 239 g/mol. The van der Waals surface area contributed by atoms with Crippen molar-refractivity contribution in [2.45, 2.75) is 38.6 Å². The molecule has 0 aliphatic carbocycles. The molecule has 1 amide bonds. The number of hydrogen-bond acceptors (Lipinski definition) is 3. The maximum absolute atomic E-state index is 12.1. The predicted molar refractivity (Wildman–Crippen MR) is 68.9 cm³/mol. The van der Waals surface area contributed by atoms with Crippen molar-refractivity contribution in [3.05, 3.63) is 0 Å². The lowest BCUT2D eigenvalue weighted by molar-refractivity contribution is -0.126. The first-order valence-corrected chi connectivity index (χ1v) is 7.03. The summed E-state index contributed by atoms with van der Waals surface area (Å²) in [5.74, 6) is 0.472. The second-order valence-corrected chi connectivity index (χ2v) is 5.26. The number of amides is 1. The molecular formula is C13H25N3O. The number of carbonyl (C=O) groups is 1. The molecule has 2 N–H and O–H groups in total. The number of nitrogens with one attached hydrogen (secondary N) is 2. The van der Waals surface area contributed by atoms with Gasteiger partial charge in [-0.2, -0.15) is 0 Å². The van der Waals surface area contributed by atoms with Crippen LogP contribution in [-0.2, 0) is 4.79 Å². The third-order valence-corrected chi connectivity index (χ3v) is 4.05. The number of hydrogen-bond donors (Lipinski definition) is 2. The van der Waals surface area contributed by atoms with Gasteiger partial charge in [0, 0.05) is 25.7 Å². The molecule has 2 saturated heterocycles. The molecule has 0 bridgehead atoms. The van der Waals surface area contributed by atoms with Gasteiger partial charge in [0.1, 0.15) is 0 Å². The van der Waals surface area contributed by atoms with Crippen LogP contribution in [0.1, 0.15) is 32.6 Å². The van der Waals surface area contributed by atoms with Gasteiger partial charge in [0.05, 0.1) is 5.92 Å². The van der Waals surface area contributed by atoms with Gasteiger partial charge in [-0.1, -0.05) is 6.92 Å². The quantitative estimate of drug-likeness (QED) is 0.757. The fourth-order valence-electron chi connectivity index (χ4n) is 2.79. The van der Waals surface area contributed by atoms with Crippen LogP contribution in [0.5, 0.6) is 0 Å². The van der Waals surface area contributed by atoms with Gasteiger partial charge in [0.15, 0.2) is 0 Å². The molecule has 2 aliphatic rings. The van der Waals surface area contributed by atoms with E-state index in [0.717, 1.165) is 58.4 Å². The summed E-state index contributed by atoms with van der Waals surface area (Å²) in [4.78, 5) is 14.5. The van der Waals surface area contributed by atoms with Crippen molar-refractivity contribution in [1.29, 1.82) is 0 Å². The highest BCUT2D eigenvalue weighted by Crippen LogP contribution is 2.13. The van der Waals surface area contributed by atoms with Crippen LogP contribution in [0.25, 0.3) is 0 Å². The van der Waals surface area contributed by atoms with Gasteiger partial charge < -0.3 is 15.5 Å². The van der Waals surface area contributed by atoms with Crippen LogP contribution in [-0.4, -0.2) is 49.6 Å². The first kappa shape index (κ1) is 12.8. The van der Waals surface area contributed by atoms with Crippen molar-refractivity contribution in [2.75, 3.05) is 32.7 Å². The zero-order valence-electron chi connectivity index (χ0n) is 10.9. The number of nitrogens with zero attached hydrogens (tertiary/aromatic N) is 1. The van der Waals surface area contributed by atoms with E-state index in [4.69, 9.17) is 0 Å². The molecule has 4 heteroatoms. The number of piperidine rings is 2. The standard InChI is InChI=1S/C13H25N3O/c1-2-16-8-5-12(6-9-16)15-13(17)11-4-3-7-14-10-11/h11-12,14H,2-10H2,1H3,(H,15,17). The summed E-state index contributed by atoms with van der Waals surface area (Å²) < 4.78 is 0. The fourth-order valence-corrected chi connectivity index (χ4v) is 2.79. The Morgan fingerprint density at radius 3 is 2.71 bits per heavy atom. The van der Waals surface area contributed by atoms with E-state index < -0.39 is 0 Å². The lowest BCUT2D eigenvalue weighted by atomic mass is 9.97. The highest BCUT2D eigenvalue weighted by Gasteiger charge is 2.25. The van der Waals surface area contributed by atoms with Crippen LogP contribution < -0.4 is 10.6 Å². The molecule has 17 heavy (non-hydrogen) atoms. The van der Waals surface area contributed by atoms with Gasteiger partial charge in [0.2, 0.25) is 5.91 Å². The van der Waals surface area contributed by atoms with Gasteiger partial charge in [-0.3, -0.25) is 4.79 Å². The van der Waals surface area contributed by atoms with Gasteiger partial charge >= 0.3 is 0 Å². The summed E-state index contributed by atoms with van der Waals surface area (Å²) in [6.07, 6.45) is 4.40. The van der Waals surface area contributed by atoms with Crippen LogP contribution in [0.4, 0.5) is 0 Å². The number of rotatable bonds is 3. The maximum atomic E-state index is 12.1. The molecule has 1 unspecified atom stereocenters. The highest BCUT2D eigenvalue weighted by atomic mass is 16.2. The van der Waals surface area contributed by atoms with E-state index in [2.05, 4.69) is 22.5 Å². The second kappa shape index (κ2) is 6.36. The summed E-state index contributed by atoms with van der Waals surface area (Å²) in [7, 11) is 0. The van der Waals surface area contributed by atoms with Crippen LogP contribution in [0.2, 0.25) is 0 Å². The largest absolute Gasteiger partial charge is 0.353 e. The first-order valence-electron chi connectivity index (χ1n) is 7.03. The molecule has 0 spiro atoms. The third kappa shape index (κ3) is 3.68. The predicted octanol–water partition coefficient (Wildman–Crippen LogP) is 0.587. The third-order valence-electron chi connectivity index (χ3n) is 4.05. The van der Waals surface area contributed by atoms with Crippen LogP contribution in [0.3, 0.4) is 0 Å². The molecule has 0 saturated carbocycles. The van der Waals surface area contributed by atoms with E-state index in [0.29, 0.717) is 6.04 Å². The van der Waals surface area contributed by atoms with E-state index in [1.807, 2.05) is 0 Å². The summed E-state index contributed by atoms with van der Waals surface area (Å²) in [5, 5.41) is 6.53. The van der Waals surface area contributed by atoms with E-state index in [1.54, 1.807) is 0 Å². The average Bonchev–Trinajstić information content (AvgIpc) is 2.40. The van der Waals surface area contributed by atoms with E-state index in [1.165, 1.54) is 0 Å². The molecule has 98 valence electrons. The normalized spacial score (nSPS) is 27.9. The fraction of sp³-hybridized carbons (Fsp3) is 0.923. The Bertz CT molecular complexity index is 243. The van der Waals surface area contributed by atoms with Crippen molar-refractivity contribution in [1.82, 2.24) is 15.5 Å². The molecule has 2 heterocycles. The summed E-state index contributed by atoms with van der Waals surface area (Å²) in [6.45, 7) is 7.52. The van der Waals surface area contributed by atoms with Crippen molar-refractivity contribution in [2.24, 2.45) is 5.92 Å². The number of carbonyl (C=O) groups excluding carboxylic acids is 1. The van der Waals surface area contributed by atoms with Crippen LogP contribution in [0, 0.1) is 5.92 Å². The molecule has 0 radical (unpaired) electrons. The zero-order valence-corrected chi connectivity index (χ0v) is 10.9. The van der Waals surface area contributed by atoms with Crippen molar-refractivity contribution >= 4 is 5.91 Å². The molecule has 0 aromatic carbocycles. The Labute approximate surface area is 104 Å². The Kier molecular flexibility index (Phi) is 4.80. The molecule has 0 aromatic heterocycles. The Morgan fingerprint density at radius 1 is 1.35 bits per heavy atom. The topological polar surface area (TPSA) is 44.4 Å². The van der Waals surface area contributed by atoms with Gasteiger partial charge in [-0.15, -0.1) is 0 Å². The maximum Gasteiger partial charge on any atom is 0.224 e. The first-order chi connectivity index (χ1) is 8.29. The Hall–Kier alpha value is -0.610. The lowest BCUT2D eigenvalue weighted by Gasteiger charge is -2.32. The lowest BCUT2D eigenvalue weighted by Crippen LogP contribution is -2.48. The van der Waals surface area contributed by atoms with E-state index in [-0.39, 0.29) is 11.8 Å². The summed E-state index contributed by atoms with van der Waals surface area (Å²) in [6, 6.07) is 0.409. The minimum atomic E-state index is 0.202. The smallest absolute Gasteiger partial charge is 0.224 e. The van der Waals surface area contributed by atoms with Crippen molar-refractivity contribution in [3.8, 4) is 0 Å². The number of likely N-dealkylation sites (tertiary alicyclic amines) is 1. The SMILES string of the molecule is CCN1CCC(NC(=O)C2CCCNC2)CC1. The van der Waals surface area contributed by atoms with Crippen LogP contribution >= 0.6 is 0 Å². The molecule has 1 atom stereocenters. The second-order valence-electron chi connectivity index (χ2n) is 5.26. The van der Waals surface area contributed by atoms with Crippen molar-refractivity contribution in [3.63, 3.8) is 0 Å². The van der Waals surface area contributed by atoms with Crippen molar-refractivity contribution < 1.29 is 4.79 Å². The zero-order chi connectivity index (χ0) is 12.1. The Balaban J connectivity index is 1.71. The summed E-state index contributed by atoms with van der Waals surface area (Å²) in [5.41, 5.74) is 0. The minimum Gasteiger partial charge on any atom is -0.353 e. The Morgan fingerprint density at radius 2 is 2.12 bits per heavy atom. The molecule has 4 nitrogen and oxygen atoms in total. The van der Waals surface area contributed by atoms with Gasteiger partial charge in [-0.05, 0) is 38.8 Å². The molecule has 2 aliphatic heterocycles. The van der Waals surface area contributed by atoms with Gasteiger partial charge in [0.25, 0.3) is 0 Å². The molecule has 0 aromatic rings. The minimum absolute atomic E-state index is 0.202. The highest BCUT2D eigenvalue weighted by molar-refractivity contribution is 5.79. The van der Waals surface area contributed by atoms with Crippen LogP contribution in [0.15, 0.2) is 0 Å². The molecular weight excluding hydrogens is 214 g/mol. The van der Waals surface area contributed by atoms with Gasteiger partial charge in [-0.25, -0.2) is 0 Å².